The molecule has 1 aromatic heterocycles. The van der Waals surface area contributed by atoms with Crippen LogP contribution in [0.1, 0.15) is 5.56 Å². The summed E-state index contributed by atoms with van der Waals surface area (Å²) in [6.07, 6.45) is -4.52. The lowest BCUT2D eigenvalue weighted by Crippen LogP contribution is -2.35. The van der Waals surface area contributed by atoms with E-state index >= 15 is 0 Å². The Morgan fingerprint density at radius 2 is 2.00 bits per heavy atom. The third-order valence-corrected chi connectivity index (χ3v) is 5.61. The summed E-state index contributed by atoms with van der Waals surface area (Å²) in [4.78, 5) is 29.6. The number of methoxy groups -OCH3 is 1. The maximum atomic E-state index is 13.3. The largest absolute Gasteiger partial charge is 0.495 e. The van der Waals surface area contributed by atoms with E-state index in [1.165, 1.54) is 11.7 Å². The van der Waals surface area contributed by atoms with Gasteiger partial charge in [-0.2, -0.15) is 13.2 Å². The predicted octanol–water partition coefficient (Wildman–Crippen LogP) is 4.13. The van der Waals surface area contributed by atoms with Gasteiger partial charge in [-0.1, -0.05) is 35.5 Å². The molecule has 0 spiro atoms. The average molecular weight is 472 g/mol. The van der Waals surface area contributed by atoms with Gasteiger partial charge in [0.1, 0.15) is 12.3 Å². The molecule has 0 aliphatic heterocycles. The molecule has 1 N–H and O–H groups in total. The fourth-order valence-electron chi connectivity index (χ4n) is 2.79. The number of aryl methyl sites for hydroxylation is 1. The van der Waals surface area contributed by atoms with E-state index in [1.54, 1.807) is 48.6 Å². The summed E-state index contributed by atoms with van der Waals surface area (Å²) in [5, 5.41) is 2.70. The van der Waals surface area contributed by atoms with Crippen LogP contribution in [-0.2, 0) is 4.79 Å². The Hall–Kier alpha value is -2.72. The highest BCUT2D eigenvalue weighted by atomic mass is 35.5. The molecule has 164 valence electrons. The number of rotatable bonds is 6. The number of aromatic nitrogens is 2. The first-order valence-electron chi connectivity index (χ1n) is 8.93. The lowest BCUT2D eigenvalue weighted by molar-refractivity contribution is -0.136. The van der Waals surface area contributed by atoms with Crippen LogP contribution in [0.25, 0.3) is 16.6 Å². The zero-order valence-corrected chi connectivity index (χ0v) is 18.0. The standard InChI is InChI=1S/C20H17ClF3N3O3S/c1-11-7-15(16(30-2)8-13(11)21)27-18(29)12-5-3-4-6-14(12)26-19(27)31-9-17(28)25-10-20(22,23)24/h3-8H,9-10H2,1-2H3,(H,25,28). The lowest BCUT2D eigenvalue weighted by Gasteiger charge is -2.17. The number of thioether (sulfide) groups is 1. The van der Waals surface area contributed by atoms with Crippen molar-refractivity contribution in [1.29, 1.82) is 0 Å². The molecule has 31 heavy (non-hydrogen) atoms. The van der Waals surface area contributed by atoms with E-state index in [-0.39, 0.29) is 10.9 Å². The van der Waals surface area contributed by atoms with Gasteiger partial charge in [0.2, 0.25) is 5.91 Å². The summed E-state index contributed by atoms with van der Waals surface area (Å²) in [5.41, 5.74) is 1.01. The quantitative estimate of drug-likeness (QED) is 0.432. The SMILES string of the molecule is COc1cc(Cl)c(C)cc1-n1c(SCC(=O)NCC(F)(F)F)nc2ccccc2c1=O. The predicted molar refractivity (Wildman–Crippen MR) is 113 cm³/mol. The minimum Gasteiger partial charge on any atom is -0.495 e. The smallest absolute Gasteiger partial charge is 0.405 e. The number of nitrogens with zero attached hydrogens (tertiary/aromatic N) is 2. The monoisotopic (exact) mass is 471 g/mol. The molecule has 11 heteroatoms. The van der Waals surface area contributed by atoms with Gasteiger partial charge in [0.25, 0.3) is 5.56 Å². The third-order valence-electron chi connectivity index (χ3n) is 4.26. The molecular formula is C20H17ClF3N3O3S. The zero-order chi connectivity index (χ0) is 22.8. The summed E-state index contributed by atoms with van der Waals surface area (Å²) < 4.78 is 43.7. The molecule has 1 amide bonds. The number of fused-ring (bicyclic) bond motifs is 1. The Labute approximate surface area is 184 Å². The normalized spacial score (nSPS) is 11.5. The molecular weight excluding hydrogens is 455 g/mol. The van der Waals surface area contributed by atoms with Crippen LogP contribution in [0, 0.1) is 6.92 Å². The lowest BCUT2D eigenvalue weighted by atomic mass is 10.2. The van der Waals surface area contributed by atoms with Gasteiger partial charge in [-0.3, -0.25) is 14.2 Å². The number of carbonyl (C=O) groups is 1. The molecule has 6 nitrogen and oxygen atoms in total. The number of nitrogens with one attached hydrogen (secondary N) is 1. The fourth-order valence-corrected chi connectivity index (χ4v) is 3.78. The van der Waals surface area contributed by atoms with Gasteiger partial charge < -0.3 is 10.1 Å². The number of para-hydroxylation sites is 1. The molecule has 3 rings (SSSR count). The molecule has 0 fully saturated rings. The van der Waals surface area contributed by atoms with Gasteiger partial charge in [-0.15, -0.1) is 0 Å². The number of amides is 1. The Kier molecular flexibility index (Phi) is 6.80. The van der Waals surface area contributed by atoms with Crippen LogP contribution in [0.3, 0.4) is 0 Å². The van der Waals surface area contributed by atoms with Crippen molar-refractivity contribution >= 4 is 40.2 Å². The molecule has 0 aliphatic carbocycles. The molecule has 2 aromatic carbocycles. The Morgan fingerprint density at radius 3 is 2.68 bits per heavy atom. The summed E-state index contributed by atoms with van der Waals surface area (Å²) in [6, 6.07) is 9.85. The number of carbonyl (C=O) groups excluding carboxylic acids is 1. The van der Waals surface area contributed by atoms with E-state index in [0.717, 1.165) is 11.8 Å². The van der Waals surface area contributed by atoms with Crippen molar-refractivity contribution in [3.63, 3.8) is 0 Å². The highest BCUT2D eigenvalue weighted by molar-refractivity contribution is 7.99. The van der Waals surface area contributed by atoms with Crippen molar-refractivity contribution in [2.24, 2.45) is 0 Å². The van der Waals surface area contributed by atoms with Crippen LogP contribution in [-0.4, -0.2) is 41.0 Å². The van der Waals surface area contributed by atoms with Crippen LogP contribution in [0.5, 0.6) is 5.75 Å². The first kappa shape index (κ1) is 23.0. The van der Waals surface area contributed by atoms with Crippen molar-refractivity contribution < 1.29 is 22.7 Å². The van der Waals surface area contributed by atoms with Crippen LogP contribution in [0.4, 0.5) is 13.2 Å². The molecule has 3 aromatic rings. The highest BCUT2D eigenvalue weighted by Gasteiger charge is 2.28. The van der Waals surface area contributed by atoms with Crippen molar-refractivity contribution in [3.8, 4) is 11.4 Å². The second-order valence-electron chi connectivity index (χ2n) is 6.51. The Balaban J connectivity index is 2.08. The molecule has 0 radical (unpaired) electrons. The molecule has 0 unspecified atom stereocenters. The van der Waals surface area contributed by atoms with Crippen molar-refractivity contribution in [2.45, 2.75) is 18.3 Å². The Bertz CT molecular complexity index is 1200. The van der Waals surface area contributed by atoms with Crippen LogP contribution in [0.15, 0.2) is 46.3 Å². The first-order chi connectivity index (χ1) is 14.6. The minimum atomic E-state index is -4.52. The van der Waals surface area contributed by atoms with Gasteiger partial charge in [-0.05, 0) is 30.7 Å². The summed E-state index contributed by atoms with van der Waals surface area (Å²) in [6.45, 7) is 0.316. The van der Waals surface area contributed by atoms with E-state index in [2.05, 4.69) is 4.98 Å². The minimum absolute atomic E-state index is 0.130. The molecule has 0 bridgehead atoms. The summed E-state index contributed by atoms with van der Waals surface area (Å²) in [7, 11) is 1.42. The number of halogens is 4. The first-order valence-corrected chi connectivity index (χ1v) is 10.3. The fraction of sp³-hybridized carbons (Fsp3) is 0.250. The summed E-state index contributed by atoms with van der Waals surface area (Å²) >= 11 is 7.01. The number of hydrogen-bond donors (Lipinski definition) is 1. The molecule has 0 saturated heterocycles. The molecule has 0 atom stereocenters. The van der Waals surface area contributed by atoms with Gasteiger partial charge in [0.15, 0.2) is 5.16 Å². The summed E-state index contributed by atoms with van der Waals surface area (Å²) in [5.74, 6) is -0.899. The van der Waals surface area contributed by atoms with Crippen LogP contribution < -0.4 is 15.6 Å². The van der Waals surface area contributed by atoms with E-state index < -0.39 is 24.2 Å². The Morgan fingerprint density at radius 1 is 1.29 bits per heavy atom. The zero-order valence-electron chi connectivity index (χ0n) is 16.4. The number of ether oxygens (including phenoxy) is 1. The van der Waals surface area contributed by atoms with Gasteiger partial charge in [0.05, 0.1) is 29.5 Å². The van der Waals surface area contributed by atoms with Crippen LogP contribution >= 0.6 is 23.4 Å². The average Bonchev–Trinajstić information content (AvgIpc) is 2.72. The number of benzene rings is 2. The van der Waals surface area contributed by atoms with E-state index in [4.69, 9.17) is 16.3 Å². The topological polar surface area (TPSA) is 73.2 Å². The van der Waals surface area contributed by atoms with Crippen molar-refractivity contribution in [2.75, 3.05) is 19.4 Å². The van der Waals surface area contributed by atoms with Crippen LogP contribution in [0.2, 0.25) is 5.02 Å². The third kappa shape index (κ3) is 5.31. The molecule has 1 heterocycles. The maximum absolute atomic E-state index is 13.3. The van der Waals surface area contributed by atoms with Gasteiger partial charge in [0, 0.05) is 11.1 Å². The van der Waals surface area contributed by atoms with Gasteiger partial charge in [-0.25, -0.2) is 4.98 Å². The van der Waals surface area contributed by atoms with E-state index in [9.17, 15) is 22.8 Å². The second kappa shape index (κ2) is 9.19. The van der Waals surface area contributed by atoms with E-state index in [0.29, 0.717) is 32.9 Å². The second-order valence-corrected chi connectivity index (χ2v) is 7.86. The molecule has 0 saturated carbocycles. The highest BCUT2D eigenvalue weighted by Crippen LogP contribution is 2.32. The number of hydrogen-bond acceptors (Lipinski definition) is 5. The number of alkyl halides is 3. The van der Waals surface area contributed by atoms with Crippen molar-refractivity contribution in [3.05, 3.63) is 57.3 Å². The molecule has 0 aliphatic rings. The van der Waals surface area contributed by atoms with E-state index in [1.807, 2.05) is 0 Å². The van der Waals surface area contributed by atoms with Crippen molar-refractivity contribution in [1.82, 2.24) is 14.9 Å². The maximum Gasteiger partial charge on any atom is 0.405 e. The van der Waals surface area contributed by atoms with Gasteiger partial charge >= 0.3 is 6.18 Å².